The molecule has 0 saturated carbocycles. The van der Waals surface area contributed by atoms with Crippen LogP contribution in [0.2, 0.25) is 0 Å². The van der Waals surface area contributed by atoms with E-state index in [1.807, 2.05) is 72.8 Å². The molecule has 6 rings (SSSR count). The van der Waals surface area contributed by atoms with Gasteiger partial charge in [-0.15, -0.1) is 0 Å². The number of esters is 1. The van der Waals surface area contributed by atoms with Crippen LogP contribution in [0.1, 0.15) is 45.0 Å². The molecule has 41 heavy (non-hydrogen) atoms. The number of Topliss-reactive ketones (excluding diaryl/α,β-unsaturated/α-hetero) is 1. The highest BCUT2D eigenvalue weighted by atomic mass is 16.5. The summed E-state index contributed by atoms with van der Waals surface area (Å²) in [6, 6.07) is 26.3. The zero-order valence-electron chi connectivity index (χ0n) is 22.7. The molecule has 7 heteroatoms. The standard InChI is InChI=1S/C34H28O7/c1-37-24-11-8-21(9-12-24)16-17-39-29-19-23(10-14-27(29)38-2)26-20-31(35)40-28-15-13-25-33(36)30(41-34(25)32(26)28)18-22-6-4-3-5-7-22/h3-15,18-19,26H,16-17,20H2,1-2H3/b30-18-/t26-/m1/s1. The van der Waals surface area contributed by atoms with Gasteiger partial charge in [0.1, 0.15) is 17.2 Å². The molecule has 7 nitrogen and oxygen atoms in total. The van der Waals surface area contributed by atoms with Crippen molar-refractivity contribution in [2.45, 2.75) is 18.8 Å². The van der Waals surface area contributed by atoms with Crippen LogP contribution in [0.5, 0.6) is 28.7 Å². The lowest BCUT2D eigenvalue weighted by molar-refractivity contribution is -0.135. The third-order valence-electron chi connectivity index (χ3n) is 7.27. The topological polar surface area (TPSA) is 80.3 Å². The Bertz CT molecular complexity index is 1640. The van der Waals surface area contributed by atoms with E-state index in [9.17, 15) is 9.59 Å². The Balaban J connectivity index is 1.30. The molecule has 2 aliphatic heterocycles. The lowest BCUT2D eigenvalue weighted by Crippen LogP contribution is -2.21. The third-order valence-corrected chi connectivity index (χ3v) is 7.27. The van der Waals surface area contributed by atoms with E-state index in [0.717, 1.165) is 22.4 Å². The van der Waals surface area contributed by atoms with Crippen molar-refractivity contribution in [1.82, 2.24) is 0 Å². The van der Waals surface area contributed by atoms with Crippen LogP contribution in [0.25, 0.3) is 6.08 Å². The number of rotatable bonds is 8. The van der Waals surface area contributed by atoms with Crippen LogP contribution in [0.15, 0.2) is 90.7 Å². The van der Waals surface area contributed by atoms with Crippen LogP contribution in [0.4, 0.5) is 0 Å². The van der Waals surface area contributed by atoms with Gasteiger partial charge in [-0.3, -0.25) is 9.59 Å². The summed E-state index contributed by atoms with van der Waals surface area (Å²) in [4.78, 5) is 25.9. The molecule has 0 aliphatic carbocycles. The maximum Gasteiger partial charge on any atom is 0.312 e. The molecule has 0 unspecified atom stereocenters. The van der Waals surface area contributed by atoms with Gasteiger partial charge in [-0.05, 0) is 59.2 Å². The molecule has 0 bridgehead atoms. The average Bonchev–Trinajstić information content (AvgIpc) is 3.32. The minimum atomic E-state index is -0.403. The number of ether oxygens (including phenoxy) is 5. The van der Waals surface area contributed by atoms with Gasteiger partial charge in [0, 0.05) is 17.9 Å². The minimum absolute atomic E-state index is 0.0936. The zero-order valence-corrected chi connectivity index (χ0v) is 22.7. The zero-order chi connectivity index (χ0) is 28.3. The Hall–Kier alpha value is -5.04. The number of carbonyl (C=O) groups excluding carboxylic acids is 2. The van der Waals surface area contributed by atoms with E-state index < -0.39 is 5.92 Å². The molecule has 0 fully saturated rings. The van der Waals surface area contributed by atoms with Gasteiger partial charge in [-0.25, -0.2) is 0 Å². The van der Waals surface area contributed by atoms with Crippen LogP contribution in [-0.2, 0) is 11.2 Å². The van der Waals surface area contributed by atoms with E-state index in [2.05, 4.69) is 0 Å². The highest BCUT2D eigenvalue weighted by Crippen LogP contribution is 2.49. The Morgan fingerprint density at radius 1 is 0.854 bits per heavy atom. The first-order valence-electron chi connectivity index (χ1n) is 13.3. The number of allylic oxidation sites excluding steroid dienone is 1. The van der Waals surface area contributed by atoms with Crippen molar-refractivity contribution in [2.75, 3.05) is 20.8 Å². The predicted octanol–water partition coefficient (Wildman–Crippen LogP) is 6.38. The highest BCUT2D eigenvalue weighted by Gasteiger charge is 2.38. The van der Waals surface area contributed by atoms with Crippen LogP contribution in [0, 0.1) is 0 Å². The predicted molar refractivity (Wildman–Crippen MR) is 153 cm³/mol. The molecule has 206 valence electrons. The number of ketones is 1. The van der Waals surface area contributed by atoms with Gasteiger partial charge < -0.3 is 23.7 Å². The first kappa shape index (κ1) is 26.2. The monoisotopic (exact) mass is 548 g/mol. The fraction of sp³-hybridized carbons (Fsp3) is 0.176. The molecule has 4 aromatic carbocycles. The van der Waals surface area contributed by atoms with Gasteiger partial charge in [0.25, 0.3) is 0 Å². The summed E-state index contributed by atoms with van der Waals surface area (Å²) in [5.41, 5.74) is 3.90. The normalized spacial score (nSPS) is 16.4. The van der Waals surface area contributed by atoms with E-state index in [0.29, 0.717) is 47.2 Å². The number of hydrogen-bond donors (Lipinski definition) is 0. The molecule has 0 saturated heterocycles. The Labute approximate surface area is 237 Å². The summed E-state index contributed by atoms with van der Waals surface area (Å²) in [7, 11) is 3.23. The molecule has 0 spiro atoms. The summed E-state index contributed by atoms with van der Waals surface area (Å²) in [5.74, 6) is 2.02. The maximum atomic E-state index is 13.3. The summed E-state index contributed by atoms with van der Waals surface area (Å²) in [6.45, 7) is 0.427. The number of hydrogen-bond acceptors (Lipinski definition) is 7. The van der Waals surface area contributed by atoms with Crippen LogP contribution < -0.4 is 23.7 Å². The summed E-state index contributed by atoms with van der Waals surface area (Å²) in [6.07, 6.45) is 2.51. The fourth-order valence-electron chi connectivity index (χ4n) is 5.19. The van der Waals surface area contributed by atoms with Crippen molar-refractivity contribution in [3.05, 3.63) is 119 Å². The molecule has 0 amide bonds. The minimum Gasteiger partial charge on any atom is -0.497 e. The Morgan fingerprint density at radius 2 is 1.66 bits per heavy atom. The molecular weight excluding hydrogens is 520 g/mol. The van der Waals surface area contributed by atoms with E-state index in [-0.39, 0.29) is 23.9 Å². The number of methoxy groups -OCH3 is 2. The molecule has 0 aromatic heterocycles. The van der Waals surface area contributed by atoms with Crippen molar-refractivity contribution < 1.29 is 33.3 Å². The molecular formula is C34H28O7. The smallest absolute Gasteiger partial charge is 0.312 e. The average molecular weight is 549 g/mol. The Kier molecular flexibility index (Phi) is 7.17. The van der Waals surface area contributed by atoms with Gasteiger partial charge in [-0.2, -0.15) is 0 Å². The van der Waals surface area contributed by atoms with Crippen LogP contribution in [0.3, 0.4) is 0 Å². The molecule has 0 N–H and O–H groups in total. The van der Waals surface area contributed by atoms with Crippen molar-refractivity contribution in [3.63, 3.8) is 0 Å². The molecule has 1 atom stereocenters. The van der Waals surface area contributed by atoms with Crippen LogP contribution in [-0.4, -0.2) is 32.6 Å². The van der Waals surface area contributed by atoms with Gasteiger partial charge >= 0.3 is 5.97 Å². The van der Waals surface area contributed by atoms with Crippen molar-refractivity contribution in [1.29, 1.82) is 0 Å². The second kappa shape index (κ2) is 11.2. The SMILES string of the molecule is COc1ccc(CCOc2cc([C@H]3CC(=O)Oc4ccc5c(c43)O/C(=C\c3ccccc3)C5=O)ccc2OC)cc1. The lowest BCUT2D eigenvalue weighted by Gasteiger charge is -2.27. The number of carbonyl (C=O) groups is 2. The van der Waals surface area contributed by atoms with Gasteiger partial charge in [0.2, 0.25) is 5.78 Å². The Morgan fingerprint density at radius 3 is 2.41 bits per heavy atom. The first-order valence-corrected chi connectivity index (χ1v) is 13.3. The van der Waals surface area contributed by atoms with E-state index >= 15 is 0 Å². The van der Waals surface area contributed by atoms with E-state index in [4.69, 9.17) is 23.7 Å². The first-order chi connectivity index (χ1) is 20.0. The summed E-state index contributed by atoms with van der Waals surface area (Å²) < 4.78 is 28.7. The third kappa shape index (κ3) is 5.26. The molecule has 2 aliphatic rings. The van der Waals surface area contributed by atoms with E-state index in [1.54, 1.807) is 32.4 Å². The van der Waals surface area contributed by atoms with Gasteiger partial charge in [0.05, 0.1) is 32.8 Å². The largest absolute Gasteiger partial charge is 0.497 e. The van der Waals surface area contributed by atoms with Crippen LogP contribution >= 0.6 is 0 Å². The van der Waals surface area contributed by atoms with Gasteiger partial charge in [0.15, 0.2) is 17.3 Å². The number of fused-ring (bicyclic) bond motifs is 3. The quantitative estimate of drug-likeness (QED) is 0.144. The van der Waals surface area contributed by atoms with E-state index in [1.165, 1.54) is 0 Å². The fourth-order valence-corrected chi connectivity index (χ4v) is 5.19. The summed E-state index contributed by atoms with van der Waals surface area (Å²) >= 11 is 0. The van der Waals surface area contributed by atoms with Crippen molar-refractivity contribution in [3.8, 4) is 28.7 Å². The molecule has 0 radical (unpaired) electrons. The summed E-state index contributed by atoms with van der Waals surface area (Å²) in [5, 5.41) is 0. The van der Waals surface area contributed by atoms with Crippen molar-refractivity contribution in [2.24, 2.45) is 0 Å². The molecule has 2 heterocycles. The molecule has 4 aromatic rings. The van der Waals surface area contributed by atoms with Crippen molar-refractivity contribution >= 4 is 17.8 Å². The second-order valence-electron chi connectivity index (χ2n) is 9.79. The highest BCUT2D eigenvalue weighted by molar-refractivity contribution is 6.15. The second-order valence-corrected chi connectivity index (χ2v) is 9.79. The number of benzene rings is 4. The maximum absolute atomic E-state index is 13.3. The lowest BCUT2D eigenvalue weighted by atomic mass is 9.84. The van der Waals surface area contributed by atoms with Gasteiger partial charge in [-0.1, -0.05) is 48.5 Å².